The minimum atomic E-state index is -0.516. The van der Waals surface area contributed by atoms with Crippen LogP contribution in [-0.2, 0) is 14.3 Å². The smallest absolute Gasteiger partial charge is 0.348 e. The van der Waals surface area contributed by atoms with Crippen LogP contribution in [0.15, 0.2) is 11.1 Å². The fourth-order valence-corrected chi connectivity index (χ4v) is 2.84. The molecule has 4 heteroatoms. The monoisotopic (exact) mass is 235 g/mol. The second-order valence-corrected chi connectivity index (χ2v) is 4.75. The lowest BCUT2D eigenvalue weighted by Crippen LogP contribution is -2.34. The van der Waals surface area contributed by atoms with E-state index in [4.69, 9.17) is 10.00 Å². The average molecular weight is 235 g/mol. The van der Waals surface area contributed by atoms with Gasteiger partial charge in [-0.2, -0.15) is 5.26 Å². The number of ether oxygens (including phenoxy) is 2. The maximum absolute atomic E-state index is 11.5. The van der Waals surface area contributed by atoms with Crippen molar-refractivity contribution < 1.29 is 14.3 Å². The molecule has 0 bridgehead atoms. The molecule has 0 N–H and O–H groups in total. The second kappa shape index (κ2) is 4.89. The molecule has 4 nitrogen and oxygen atoms in total. The van der Waals surface area contributed by atoms with Gasteiger partial charge in [0, 0.05) is 0 Å². The summed E-state index contributed by atoms with van der Waals surface area (Å²) in [5.41, 5.74) is 0.985. The molecule has 1 spiro atoms. The lowest BCUT2D eigenvalue weighted by molar-refractivity contribution is -0.135. The number of methoxy groups -OCH3 is 1. The van der Waals surface area contributed by atoms with E-state index in [0.29, 0.717) is 19.4 Å². The number of esters is 1. The van der Waals surface area contributed by atoms with Gasteiger partial charge >= 0.3 is 5.97 Å². The maximum Gasteiger partial charge on any atom is 0.348 e. The van der Waals surface area contributed by atoms with E-state index in [1.807, 2.05) is 6.07 Å². The summed E-state index contributed by atoms with van der Waals surface area (Å²) < 4.78 is 10.5. The Kier molecular flexibility index (Phi) is 3.49. The van der Waals surface area contributed by atoms with Crippen LogP contribution in [0.3, 0.4) is 0 Å². The van der Waals surface area contributed by atoms with E-state index < -0.39 is 5.97 Å². The van der Waals surface area contributed by atoms with Crippen molar-refractivity contribution in [1.29, 1.82) is 5.26 Å². The van der Waals surface area contributed by atoms with E-state index >= 15 is 0 Å². The number of hydrogen-bond acceptors (Lipinski definition) is 4. The van der Waals surface area contributed by atoms with Gasteiger partial charge in [0.2, 0.25) is 0 Å². The fraction of sp³-hybridized carbons (Fsp3) is 0.692. The van der Waals surface area contributed by atoms with E-state index in [-0.39, 0.29) is 11.2 Å². The van der Waals surface area contributed by atoms with Crippen LogP contribution in [0, 0.1) is 11.3 Å². The lowest BCUT2D eigenvalue weighted by atomic mass is 9.86. The van der Waals surface area contributed by atoms with Gasteiger partial charge in [0.25, 0.3) is 0 Å². The Morgan fingerprint density at radius 3 is 2.76 bits per heavy atom. The minimum absolute atomic E-state index is 0.107. The molecular formula is C13H17NO3. The highest BCUT2D eigenvalue weighted by atomic mass is 16.5. The van der Waals surface area contributed by atoms with Gasteiger partial charge < -0.3 is 9.47 Å². The van der Waals surface area contributed by atoms with E-state index in [1.54, 1.807) is 0 Å². The predicted octanol–water partition coefficient (Wildman–Crippen LogP) is 2.10. The number of rotatable bonds is 1. The minimum Gasteiger partial charge on any atom is -0.465 e. The Hall–Kier alpha value is -1.34. The van der Waals surface area contributed by atoms with Gasteiger partial charge in [0.1, 0.15) is 11.6 Å². The first-order chi connectivity index (χ1) is 8.21. The SMILES string of the molecule is COC(=O)/C(C#N)=C1/CCOC2(CCCC2)C1. The van der Waals surface area contributed by atoms with E-state index in [0.717, 1.165) is 18.4 Å². The highest BCUT2D eigenvalue weighted by molar-refractivity contribution is 5.93. The third kappa shape index (κ3) is 2.34. The number of nitriles is 1. The van der Waals surface area contributed by atoms with Gasteiger partial charge in [-0.05, 0) is 31.3 Å². The summed E-state index contributed by atoms with van der Waals surface area (Å²) in [5.74, 6) is -0.516. The van der Waals surface area contributed by atoms with Crippen LogP contribution in [0.25, 0.3) is 0 Å². The molecule has 1 saturated carbocycles. The zero-order valence-corrected chi connectivity index (χ0v) is 10.1. The third-order valence-corrected chi connectivity index (χ3v) is 3.72. The summed E-state index contributed by atoms with van der Waals surface area (Å²) >= 11 is 0. The standard InChI is InChI=1S/C13H17NO3/c1-16-12(15)11(9-14)10-4-7-17-13(8-10)5-2-3-6-13/h2-8H2,1H3/b11-10-. The van der Waals surface area contributed by atoms with E-state index in [1.165, 1.54) is 20.0 Å². The zero-order chi connectivity index (χ0) is 12.3. The van der Waals surface area contributed by atoms with Crippen LogP contribution in [0.1, 0.15) is 38.5 Å². The molecule has 0 aromatic heterocycles. The molecule has 17 heavy (non-hydrogen) atoms. The molecular weight excluding hydrogens is 218 g/mol. The maximum atomic E-state index is 11.5. The van der Waals surface area contributed by atoms with E-state index in [9.17, 15) is 4.79 Å². The molecule has 0 unspecified atom stereocenters. The van der Waals surface area contributed by atoms with Gasteiger partial charge in [0.05, 0.1) is 19.3 Å². The van der Waals surface area contributed by atoms with Crippen LogP contribution >= 0.6 is 0 Å². The van der Waals surface area contributed by atoms with E-state index in [2.05, 4.69) is 4.74 Å². The summed E-state index contributed by atoms with van der Waals surface area (Å²) in [7, 11) is 1.31. The molecule has 0 aromatic carbocycles. The van der Waals surface area contributed by atoms with Crippen molar-refractivity contribution in [3.05, 3.63) is 11.1 Å². The average Bonchev–Trinajstić information content (AvgIpc) is 2.78. The van der Waals surface area contributed by atoms with Gasteiger partial charge in [-0.25, -0.2) is 4.79 Å². The summed E-state index contributed by atoms with van der Waals surface area (Å²) in [4.78, 5) is 11.5. The Bertz CT molecular complexity index is 386. The second-order valence-electron chi connectivity index (χ2n) is 4.75. The molecule has 92 valence electrons. The molecule has 2 fully saturated rings. The van der Waals surface area contributed by atoms with Gasteiger partial charge in [-0.15, -0.1) is 0 Å². The predicted molar refractivity (Wildman–Crippen MR) is 61.0 cm³/mol. The lowest BCUT2D eigenvalue weighted by Gasteiger charge is -2.35. The number of nitrogens with zero attached hydrogens (tertiary/aromatic N) is 1. The summed E-state index contributed by atoms with van der Waals surface area (Å²) in [5, 5.41) is 9.06. The van der Waals surface area contributed by atoms with Crippen molar-refractivity contribution in [2.75, 3.05) is 13.7 Å². The summed E-state index contributed by atoms with van der Waals surface area (Å²) in [6, 6.07) is 1.98. The van der Waals surface area contributed by atoms with Crippen LogP contribution in [0.4, 0.5) is 0 Å². The molecule has 0 aromatic rings. The van der Waals surface area contributed by atoms with Crippen molar-refractivity contribution in [3.8, 4) is 6.07 Å². The van der Waals surface area contributed by atoms with Crippen LogP contribution in [0.5, 0.6) is 0 Å². The first-order valence-corrected chi connectivity index (χ1v) is 6.05. The van der Waals surface area contributed by atoms with Crippen molar-refractivity contribution in [2.24, 2.45) is 0 Å². The van der Waals surface area contributed by atoms with Crippen molar-refractivity contribution >= 4 is 5.97 Å². The topological polar surface area (TPSA) is 59.3 Å². The largest absolute Gasteiger partial charge is 0.465 e. The molecule has 1 aliphatic carbocycles. The van der Waals surface area contributed by atoms with Crippen molar-refractivity contribution in [2.45, 2.75) is 44.1 Å². The summed E-state index contributed by atoms with van der Waals surface area (Å²) in [6.07, 6.45) is 5.80. The van der Waals surface area contributed by atoms with Crippen molar-refractivity contribution in [1.82, 2.24) is 0 Å². The zero-order valence-electron chi connectivity index (χ0n) is 10.1. The highest BCUT2D eigenvalue weighted by Crippen LogP contribution is 2.42. The molecule has 1 saturated heterocycles. The Morgan fingerprint density at radius 1 is 1.47 bits per heavy atom. The van der Waals surface area contributed by atoms with Crippen molar-refractivity contribution in [3.63, 3.8) is 0 Å². The number of carbonyl (C=O) groups excluding carboxylic acids is 1. The molecule has 0 radical (unpaired) electrons. The first kappa shape index (κ1) is 12.1. The molecule has 1 heterocycles. The summed E-state index contributed by atoms with van der Waals surface area (Å²) in [6.45, 7) is 0.609. The molecule has 0 atom stereocenters. The Balaban J connectivity index is 2.23. The number of hydrogen-bond donors (Lipinski definition) is 0. The third-order valence-electron chi connectivity index (χ3n) is 3.72. The van der Waals surface area contributed by atoms with Gasteiger partial charge in [-0.3, -0.25) is 0 Å². The Labute approximate surface area is 101 Å². The molecule has 1 aliphatic heterocycles. The van der Waals surface area contributed by atoms with Crippen LogP contribution in [0.2, 0.25) is 0 Å². The quantitative estimate of drug-likeness (QED) is 0.397. The first-order valence-electron chi connectivity index (χ1n) is 6.05. The van der Waals surface area contributed by atoms with Crippen LogP contribution in [-0.4, -0.2) is 25.3 Å². The van der Waals surface area contributed by atoms with Crippen LogP contribution < -0.4 is 0 Å². The fourth-order valence-electron chi connectivity index (χ4n) is 2.84. The van der Waals surface area contributed by atoms with Gasteiger partial charge in [-0.1, -0.05) is 12.8 Å². The highest BCUT2D eigenvalue weighted by Gasteiger charge is 2.39. The molecule has 2 aliphatic rings. The normalized spacial score (nSPS) is 25.4. The molecule has 0 amide bonds. The van der Waals surface area contributed by atoms with Gasteiger partial charge in [0.15, 0.2) is 0 Å². The Morgan fingerprint density at radius 2 is 2.18 bits per heavy atom. The molecule has 2 rings (SSSR count). The number of carbonyl (C=O) groups is 1.